The van der Waals surface area contributed by atoms with Gasteiger partial charge in [0.1, 0.15) is 0 Å². The van der Waals surface area contributed by atoms with Gasteiger partial charge in [0.25, 0.3) is 0 Å². The molecule has 0 heterocycles. The summed E-state index contributed by atoms with van der Waals surface area (Å²) in [5, 5.41) is 3.38. The highest BCUT2D eigenvalue weighted by Gasteiger charge is 2.20. The van der Waals surface area contributed by atoms with Crippen LogP contribution in [0.5, 0.6) is 0 Å². The number of hydrogen-bond donors (Lipinski definition) is 1. The molecule has 0 bridgehead atoms. The number of likely N-dealkylation sites (N-methyl/N-ethyl adjacent to an activating group) is 1. The molecule has 0 aromatic carbocycles. The van der Waals surface area contributed by atoms with E-state index < -0.39 is 0 Å². The highest BCUT2D eigenvalue weighted by atomic mass is 16.5. The Morgan fingerprint density at radius 1 is 1.21 bits per heavy atom. The molecule has 0 aromatic heterocycles. The van der Waals surface area contributed by atoms with Crippen molar-refractivity contribution in [1.82, 2.24) is 5.32 Å². The van der Waals surface area contributed by atoms with Crippen molar-refractivity contribution >= 4 is 0 Å². The first-order valence-corrected chi connectivity index (χ1v) is 5.94. The van der Waals surface area contributed by atoms with Crippen LogP contribution in [0.4, 0.5) is 0 Å². The van der Waals surface area contributed by atoms with Gasteiger partial charge in [0, 0.05) is 12.6 Å². The second kappa shape index (κ2) is 8.25. The number of ether oxygens (including phenoxy) is 1. The maximum atomic E-state index is 5.77. The fourth-order valence-corrected chi connectivity index (χ4v) is 1.86. The van der Waals surface area contributed by atoms with Crippen molar-refractivity contribution in [3.05, 3.63) is 0 Å². The number of nitrogens with one attached hydrogen (secondary N) is 1. The molecule has 0 spiro atoms. The Kier molecular flexibility index (Phi) is 8.20. The van der Waals surface area contributed by atoms with Gasteiger partial charge in [-0.3, -0.25) is 0 Å². The van der Waals surface area contributed by atoms with E-state index in [-0.39, 0.29) is 0 Å². The second-order valence-corrected chi connectivity index (χ2v) is 4.31. The van der Waals surface area contributed by atoms with E-state index in [2.05, 4.69) is 33.0 Å². The molecule has 2 atom stereocenters. The molecule has 0 rings (SSSR count). The SMILES string of the molecule is CCCC(OCC)C(CC(C)C)NC. The summed E-state index contributed by atoms with van der Waals surface area (Å²) in [6.45, 7) is 9.64. The number of hydrogen-bond acceptors (Lipinski definition) is 2. The van der Waals surface area contributed by atoms with Crippen molar-refractivity contribution in [3.8, 4) is 0 Å². The molecule has 0 aromatic rings. The Balaban J connectivity index is 4.10. The van der Waals surface area contributed by atoms with Gasteiger partial charge in [0.15, 0.2) is 0 Å². The highest BCUT2D eigenvalue weighted by molar-refractivity contribution is 4.76. The first-order chi connectivity index (χ1) is 6.65. The van der Waals surface area contributed by atoms with E-state index in [4.69, 9.17) is 4.74 Å². The van der Waals surface area contributed by atoms with Gasteiger partial charge in [-0.1, -0.05) is 27.2 Å². The average Bonchev–Trinajstić information content (AvgIpc) is 2.13. The Morgan fingerprint density at radius 3 is 2.21 bits per heavy atom. The van der Waals surface area contributed by atoms with Crippen LogP contribution in [0.3, 0.4) is 0 Å². The predicted octanol–water partition coefficient (Wildman–Crippen LogP) is 2.83. The van der Waals surface area contributed by atoms with E-state index in [1.807, 2.05) is 7.05 Å². The maximum absolute atomic E-state index is 5.77. The Morgan fingerprint density at radius 2 is 1.86 bits per heavy atom. The van der Waals surface area contributed by atoms with Crippen LogP contribution in [-0.4, -0.2) is 25.8 Å². The third-order valence-electron chi connectivity index (χ3n) is 2.50. The van der Waals surface area contributed by atoms with Gasteiger partial charge in [0.05, 0.1) is 6.10 Å². The van der Waals surface area contributed by atoms with E-state index in [0.29, 0.717) is 12.1 Å². The summed E-state index contributed by atoms with van der Waals surface area (Å²) in [6, 6.07) is 0.509. The highest BCUT2D eigenvalue weighted by Crippen LogP contribution is 2.14. The van der Waals surface area contributed by atoms with Crippen LogP contribution in [0.1, 0.15) is 47.0 Å². The van der Waals surface area contributed by atoms with Crippen LogP contribution in [0.25, 0.3) is 0 Å². The third kappa shape index (κ3) is 5.61. The average molecular weight is 201 g/mol. The Labute approximate surface area is 89.4 Å². The topological polar surface area (TPSA) is 21.3 Å². The molecule has 0 fully saturated rings. The van der Waals surface area contributed by atoms with Gasteiger partial charge in [-0.25, -0.2) is 0 Å². The smallest absolute Gasteiger partial charge is 0.0727 e. The normalized spacial score (nSPS) is 15.9. The molecule has 0 saturated heterocycles. The summed E-state index contributed by atoms with van der Waals surface area (Å²) in [5.74, 6) is 0.729. The first kappa shape index (κ1) is 13.9. The molecule has 0 aliphatic heterocycles. The summed E-state index contributed by atoms with van der Waals surface area (Å²) < 4.78 is 5.77. The lowest BCUT2D eigenvalue weighted by Crippen LogP contribution is -2.40. The lowest BCUT2D eigenvalue weighted by atomic mass is 9.96. The minimum absolute atomic E-state index is 0.386. The van der Waals surface area contributed by atoms with Crippen molar-refractivity contribution < 1.29 is 4.74 Å². The molecular weight excluding hydrogens is 174 g/mol. The predicted molar refractivity (Wildman–Crippen MR) is 62.6 cm³/mol. The Bertz CT molecular complexity index is 119. The van der Waals surface area contributed by atoms with E-state index in [1.54, 1.807) is 0 Å². The van der Waals surface area contributed by atoms with E-state index >= 15 is 0 Å². The van der Waals surface area contributed by atoms with Gasteiger partial charge >= 0.3 is 0 Å². The van der Waals surface area contributed by atoms with Crippen LogP contribution >= 0.6 is 0 Å². The van der Waals surface area contributed by atoms with Gasteiger partial charge in [-0.15, -0.1) is 0 Å². The molecule has 14 heavy (non-hydrogen) atoms. The van der Waals surface area contributed by atoms with Crippen molar-refractivity contribution in [3.63, 3.8) is 0 Å². The lowest BCUT2D eigenvalue weighted by Gasteiger charge is -2.27. The van der Waals surface area contributed by atoms with Crippen LogP contribution in [0, 0.1) is 5.92 Å². The summed E-state index contributed by atoms with van der Waals surface area (Å²) in [6.07, 6.45) is 3.94. The largest absolute Gasteiger partial charge is 0.377 e. The van der Waals surface area contributed by atoms with Gasteiger partial charge in [-0.05, 0) is 32.7 Å². The van der Waals surface area contributed by atoms with Crippen molar-refractivity contribution in [1.29, 1.82) is 0 Å². The molecule has 0 radical (unpaired) electrons. The zero-order valence-corrected chi connectivity index (χ0v) is 10.5. The molecule has 2 nitrogen and oxygen atoms in total. The minimum atomic E-state index is 0.386. The molecule has 0 aliphatic rings. The standard InChI is InChI=1S/C12H27NO/c1-6-8-12(14-7-2)11(13-5)9-10(3)4/h10-13H,6-9H2,1-5H3. The summed E-state index contributed by atoms with van der Waals surface area (Å²) in [7, 11) is 2.04. The minimum Gasteiger partial charge on any atom is -0.377 e. The zero-order chi connectivity index (χ0) is 11.0. The van der Waals surface area contributed by atoms with Crippen molar-refractivity contribution in [2.24, 2.45) is 5.92 Å². The molecule has 0 aliphatic carbocycles. The molecule has 0 amide bonds. The van der Waals surface area contributed by atoms with Crippen molar-refractivity contribution in [2.75, 3.05) is 13.7 Å². The quantitative estimate of drug-likeness (QED) is 0.652. The molecule has 0 saturated carbocycles. The van der Waals surface area contributed by atoms with E-state index in [0.717, 1.165) is 18.9 Å². The molecule has 1 N–H and O–H groups in total. The fourth-order valence-electron chi connectivity index (χ4n) is 1.86. The summed E-state index contributed by atoms with van der Waals surface area (Å²) in [4.78, 5) is 0. The van der Waals surface area contributed by atoms with Crippen molar-refractivity contribution in [2.45, 2.75) is 59.1 Å². The van der Waals surface area contributed by atoms with Crippen LogP contribution in [0.15, 0.2) is 0 Å². The molecule has 86 valence electrons. The molecule has 2 heteroatoms. The van der Waals surface area contributed by atoms with Gasteiger partial charge in [0.2, 0.25) is 0 Å². The van der Waals surface area contributed by atoms with Gasteiger partial charge < -0.3 is 10.1 Å². The van der Waals surface area contributed by atoms with Crippen LogP contribution in [0.2, 0.25) is 0 Å². The van der Waals surface area contributed by atoms with Crippen LogP contribution in [-0.2, 0) is 4.74 Å². The zero-order valence-electron chi connectivity index (χ0n) is 10.5. The fraction of sp³-hybridized carbons (Fsp3) is 1.00. The lowest BCUT2D eigenvalue weighted by molar-refractivity contribution is 0.0248. The van der Waals surface area contributed by atoms with Gasteiger partial charge in [-0.2, -0.15) is 0 Å². The summed E-state index contributed by atoms with van der Waals surface area (Å²) in [5.41, 5.74) is 0. The van der Waals surface area contributed by atoms with Crippen LogP contribution < -0.4 is 5.32 Å². The maximum Gasteiger partial charge on any atom is 0.0727 e. The molecule has 2 unspecified atom stereocenters. The number of rotatable bonds is 8. The summed E-state index contributed by atoms with van der Waals surface area (Å²) >= 11 is 0. The Hall–Kier alpha value is -0.0800. The molecular formula is C12H27NO. The second-order valence-electron chi connectivity index (χ2n) is 4.31. The first-order valence-electron chi connectivity index (χ1n) is 5.94. The van der Waals surface area contributed by atoms with E-state index in [9.17, 15) is 0 Å². The third-order valence-corrected chi connectivity index (χ3v) is 2.50. The van der Waals surface area contributed by atoms with E-state index in [1.165, 1.54) is 12.8 Å². The monoisotopic (exact) mass is 201 g/mol.